The van der Waals surface area contributed by atoms with Gasteiger partial charge in [0.2, 0.25) is 0 Å². The van der Waals surface area contributed by atoms with Gasteiger partial charge in [0, 0.05) is 4.70 Å². The molecule has 16 heavy (non-hydrogen) atoms. The van der Waals surface area contributed by atoms with E-state index >= 15 is 0 Å². The maximum Gasteiger partial charge on any atom is 0.489 e. The first-order valence-electron chi connectivity index (χ1n) is 5.44. The zero-order valence-electron chi connectivity index (χ0n) is 9.47. The fraction of sp³-hybridized carbons (Fsp3) is 0.333. The van der Waals surface area contributed by atoms with E-state index in [4.69, 9.17) is 0 Å². The molecular formula is C12H15BO2S. The van der Waals surface area contributed by atoms with Gasteiger partial charge in [-0.05, 0) is 40.2 Å². The molecule has 0 spiro atoms. The molecule has 1 heterocycles. The van der Waals surface area contributed by atoms with Crippen molar-refractivity contribution in [1.29, 1.82) is 0 Å². The quantitative estimate of drug-likeness (QED) is 0.794. The number of fused-ring (bicyclic) bond motifs is 1. The lowest BCUT2D eigenvalue weighted by atomic mass is 9.77. The lowest BCUT2D eigenvalue weighted by molar-refractivity contribution is 0.426. The summed E-state index contributed by atoms with van der Waals surface area (Å²) in [6, 6.07) is 5.78. The van der Waals surface area contributed by atoms with E-state index in [1.807, 2.05) is 23.6 Å². The van der Waals surface area contributed by atoms with Crippen LogP contribution in [0.3, 0.4) is 0 Å². The minimum Gasteiger partial charge on any atom is -0.423 e. The molecule has 2 aromatic rings. The number of benzene rings is 1. The van der Waals surface area contributed by atoms with Gasteiger partial charge in [-0.1, -0.05) is 26.0 Å². The molecule has 2 nitrogen and oxygen atoms in total. The van der Waals surface area contributed by atoms with Crippen LogP contribution in [0.25, 0.3) is 10.1 Å². The van der Waals surface area contributed by atoms with Crippen molar-refractivity contribution in [3.8, 4) is 0 Å². The molecule has 0 aliphatic heterocycles. The molecule has 84 valence electrons. The Morgan fingerprint density at radius 3 is 2.62 bits per heavy atom. The minimum atomic E-state index is -1.38. The number of hydrogen-bond acceptors (Lipinski definition) is 3. The van der Waals surface area contributed by atoms with Gasteiger partial charge in [0.15, 0.2) is 0 Å². The van der Waals surface area contributed by atoms with Crippen LogP contribution in [0.2, 0.25) is 0 Å². The van der Waals surface area contributed by atoms with Crippen LogP contribution in [-0.4, -0.2) is 17.2 Å². The van der Waals surface area contributed by atoms with Gasteiger partial charge in [-0.15, -0.1) is 11.3 Å². The smallest absolute Gasteiger partial charge is 0.423 e. The highest BCUT2D eigenvalue weighted by molar-refractivity contribution is 7.17. The topological polar surface area (TPSA) is 40.5 Å². The van der Waals surface area contributed by atoms with Crippen molar-refractivity contribution in [2.24, 2.45) is 5.92 Å². The third kappa shape index (κ3) is 2.14. The Bertz CT molecular complexity index is 491. The first kappa shape index (κ1) is 11.6. The van der Waals surface area contributed by atoms with E-state index in [9.17, 15) is 10.0 Å². The summed E-state index contributed by atoms with van der Waals surface area (Å²) in [5, 5.41) is 21.5. The van der Waals surface area contributed by atoms with Crippen molar-refractivity contribution in [2.45, 2.75) is 20.3 Å². The lowest BCUT2D eigenvalue weighted by Crippen LogP contribution is -2.30. The zero-order valence-corrected chi connectivity index (χ0v) is 10.3. The molecule has 1 aromatic carbocycles. The summed E-state index contributed by atoms with van der Waals surface area (Å²) in [6.45, 7) is 4.38. The van der Waals surface area contributed by atoms with Crippen LogP contribution < -0.4 is 5.46 Å². The maximum absolute atomic E-state index is 9.27. The molecular weight excluding hydrogens is 219 g/mol. The Morgan fingerprint density at radius 2 is 2.00 bits per heavy atom. The number of thiophene rings is 1. The standard InChI is InChI=1S/C12H15BO2S/c1-8(2)7-9-3-4-11(13(14)15)10-5-6-16-12(9)10/h3-6,8,14-15H,7H2,1-2H3. The summed E-state index contributed by atoms with van der Waals surface area (Å²) >= 11 is 1.67. The molecule has 2 rings (SSSR count). The van der Waals surface area contributed by atoms with Crippen LogP contribution in [0.5, 0.6) is 0 Å². The maximum atomic E-state index is 9.27. The highest BCUT2D eigenvalue weighted by Crippen LogP contribution is 2.25. The molecule has 0 bridgehead atoms. The van der Waals surface area contributed by atoms with Crippen molar-refractivity contribution >= 4 is 34.0 Å². The predicted molar refractivity (Wildman–Crippen MR) is 70.2 cm³/mol. The van der Waals surface area contributed by atoms with Gasteiger partial charge < -0.3 is 10.0 Å². The van der Waals surface area contributed by atoms with Crippen LogP contribution in [-0.2, 0) is 6.42 Å². The SMILES string of the molecule is CC(C)Cc1ccc(B(O)O)c2ccsc12. The summed E-state index contributed by atoms with van der Waals surface area (Å²) in [7, 11) is -1.38. The van der Waals surface area contributed by atoms with E-state index in [1.165, 1.54) is 10.3 Å². The highest BCUT2D eigenvalue weighted by Gasteiger charge is 2.17. The highest BCUT2D eigenvalue weighted by atomic mass is 32.1. The fourth-order valence-electron chi connectivity index (χ4n) is 1.97. The van der Waals surface area contributed by atoms with Gasteiger partial charge in [0.1, 0.15) is 0 Å². The Kier molecular flexibility index (Phi) is 3.33. The third-order valence-corrected chi connectivity index (χ3v) is 3.63. The van der Waals surface area contributed by atoms with E-state index in [0.29, 0.717) is 11.4 Å². The first-order valence-corrected chi connectivity index (χ1v) is 6.32. The van der Waals surface area contributed by atoms with Gasteiger partial charge in [-0.3, -0.25) is 0 Å². The molecule has 0 fully saturated rings. The minimum absolute atomic E-state index is 0.601. The monoisotopic (exact) mass is 234 g/mol. The average Bonchev–Trinajstić information content (AvgIpc) is 2.65. The van der Waals surface area contributed by atoms with Gasteiger partial charge in [0.05, 0.1) is 0 Å². The molecule has 4 heteroatoms. The van der Waals surface area contributed by atoms with Gasteiger partial charge in [0.25, 0.3) is 0 Å². The molecule has 0 saturated carbocycles. The van der Waals surface area contributed by atoms with Crippen LogP contribution in [0.1, 0.15) is 19.4 Å². The van der Waals surface area contributed by atoms with Gasteiger partial charge in [-0.25, -0.2) is 0 Å². The Morgan fingerprint density at radius 1 is 1.25 bits per heavy atom. The third-order valence-electron chi connectivity index (χ3n) is 2.64. The van der Waals surface area contributed by atoms with E-state index < -0.39 is 7.12 Å². The second kappa shape index (κ2) is 4.57. The van der Waals surface area contributed by atoms with Crippen LogP contribution in [0.4, 0.5) is 0 Å². The summed E-state index contributed by atoms with van der Waals surface area (Å²) < 4.78 is 1.18. The number of hydrogen-bond donors (Lipinski definition) is 2. The second-order valence-electron chi connectivity index (χ2n) is 4.45. The van der Waals surface area contributed by atoms with Crippen molar-refractivity contribution in [3.63, 3.8) is 0 Å². The molecule has 0 aliphatic rings. The molecule has 0 amide bonds. The lowest BCUT2D eigenvalue weighted by Gasteiger charge is -2.09. The van der Waals surface area contributed by atoms with E-state index in [2.05, 4.69) is 13.8 Å². The van der Waals surface area contributed by atoms with Gasteiger partial charge in [-0.2, -0.15) is 0 Å². The van der Waals surface area contributed by atoms with E-state index in [-0.39, 0.29) is 0 Å². The van der Waals surface area contributed by atoms with Crippen molar-refractivity contribution in [2.75, 3.05) is 0 Å². The van der Waals surface area contributed by atoms with Crippen molar-refractivity contribution < 1.29 is 10.0 Å². The molecule has 1 aromatic heterocycles. The summed E-state index contributed by atoms with van der Waals surface area (Å²) in [6.07, 6.45) is 1.03. The van der Waals surface area contributed by atoms with Crippen LogP contribution >= 0.6 is 11.3 Å². The van der Waals surface area contributed by atoms with Gasteiger partial charge >= 0.3 is 7.12 Å². The largest absolute Gasteiger partial charge is 0.489 e. The summed E-state index contributed by atoms with van der Waals surface area (Å²) in [4.78, 5) is 0. The zero-order chi connectivity index (χ0) is 11.7. The van der Waals surface area contributed by atoms with Crippen molar-refractivity contribution in [3.05, 3.63) is 29.1 Å². The fourth-order valence-corrected chi connectivity index (χ4v) is 2.92. The van der Waals surface area contributed by atoms with E-state index in [0.717, 1.165) is 11.8 Å². The summed E-state index contributed by atoms with van der Waals surface area (Å²) in [5.41, 5.74) is 1.90. The van der Waals surface area contributed by atoms with Crippen LogP contribution in [0.15, 0.2) is 23.6 Å². The Balaban J connectivity index is 2.55. The summed E-state index contributed by atoms with van der Waals surface area (Å²) in [5.74, 6) is 0.607. The molecule has 0 unspecified atom stereocenters. The molecule has 0 atom stereocenters. The van der Waals surface area contributed by atoms with Crippen molar-refractivity contribution in [1.82, 2.24) is 0 Å². The molecule has 0 aliphatic carbocycles. The predicted octanol–water partition coefficient (Wildman–Crippen LogP) is 1.78. The Hall–Kier alpha value is -0.835. The molecule has 0 radical (unpaired) electrons. The van der Waals surface area contributed by atoms with Crippen LogP contribution in [0, 0.1) is 5.92 Å². The normalized spacial score (nSPS) is 11.3. The number of rotatable bonds is 3. The average molecular weight is 234 g/mol. The Labute approximate surface area is 99.7 Å². The molecule has 0 saturated heterocycles. The first-order chi connectivity index (χ1) is 7.59. The van der Waals surface area contributed by atoms with E-state index in [1.54, 1.807) is 11.3 Å². The molecule has 2 N–H and O–H groups in total. The second-order valence-corrected chi connectivity index (χ2v) is 5.37.